The van der Waals surface area contributed by atoms with Gasteiger partial charge in [-0.3, -0.25) is 4.79 Å². The number of hydrogen-bond donors (Lipinski definition) is 1. The topological polar surface area (TPSA) is 178 Å². The fourth-order valence-corrected chi connectivity index (χ4v) is 4.13. The van der Waals surface area contributed by atoms with Crippen molar-refractivity contribution < 1.29 is 62.3 Å². The van der Waals surface area contributed by atoms with E-state index in [1.807, 2.05) is 0 Å². The lowest BCUT2D eigenvalue weighted by molar-refractivity contribution is -0.177. The van der Waals surface area contributed by atoms with Crippen LogP contribution in [0.5, 0.6) is 0 Å². The molecule has 13 nitrogen and oxygen atoms in total. The maximum absolute atomic E-state index is 12.4. The Balaban J connectivity index is 1.78. The highest BCUT2D eigenvalue weighted by molar-refractivity contribution is 6.29. The first-order chi connectivity index (χ1) is 17.8. The zero-order chi connectivity index (χ0) is 27.2. The van der Waals surface area contributed by atoms with Crippen LogP contribution in [-0.4, -0.2) is 91.6 Å². The second kappa shape index (κ2) is 15.9. The molecule has 3 unspecified atom stereocenters. The normalized spacial score (nSPS) is 22.9. The van der Waals surface area contributed by atoms with Gasteiger partial charge in [-0.05, 0) is 38.5 Å². The summed E-state index contributed by atoms with van der Waals surface area (Å²) in [6.45, 7) is 1.94. The summed E-state index contributed by atoms with van der Waals surface area (Å²) >= 11 is 0. The molecule has 0 amide bonds. The Bertz CT molecular complexity index is 810. The first kappa shape index (κ1) is 30.2. The summed E-state index contributed by atoms with van der Waals surface area (Å²) in [6.07, 6.45) is 2.87. The maximum atomic E-state index is 12.4. The number of ether oxygens (including phenoxy) is 6. The van der Waals surface area contributed by atoms with Crippen molar-refractivity contribution in [2.75, 3.05) is 19.8 Å². The van der Waals surface area contributed by atoms with Gasteiger partial charge >= 0.3 is 29.8 Å². The van der Waals surface area contributed by atoms with Gasteiger partial charge in [-0.15, -0.1) is 0 Å². The van der Waals surface area contributed by atoms with Gasteiger partial charge in [-0.1, -0.05) is 26.2 Å². The number of carbonyl (C=O) groups is 6. The van der Waals surface area contributed by atoms with E-state index in [2.05, 4.69) is 11.7 Å². The highest BCUT2D eigenvalue weighted by atomic mass is 16.7. The molecule has 5 atom stereocenters. The Morgan fingerprint density at radius 3 is 2.00 bits per heavy atom. The van der Waals surface area contributed by atoms with Gasteiger partial charge in [0, 0.05) is 0 Å². The zero-order valence-electron chi connectivity index (χ0n) is 20.8. The van der Waals surface area contributed by atoms with Crippen LogP contribution >= 0.6 is 0 Å². The molecular formula is C24H34O13. The average molecular weight is 531 g/mol. The summed E-state index contributed by atoms with van der Waals surface area (Å²) in [5.74, 6) is -6.34. The third kappa shape index (κ3) is 10.1. The van der Waals surface area contributed by atoms with Crippen molar-refractivity contribution in [3.8, 4) is 0 Å². The van der Waals surface area contributed by atoms with Crippen molar-refractivity contribution in [2.45, 2.75) is 95.2 Å². The predicted octanol–water partition coefficient (Wildman–Crippen LogP) is 0.877. The molecule has 2 saturated heterocycles. The standard InChI is InChI=1S/C24H34O13/c1-2-3-4-6-9-15(10-7-5-8-11-32-22(29)21(27)28)35-23(30)24(31)37-17-14-34-19-16(13-33-20(17)19)36-18(26)12-25/h12,15-17,19-20H,2-11,13-14H2,1H3,(H,27,28)/t15?,16-,17-,19?,20?/m1/s1. The number of esters is 4. The molecule has 2 aliphatic rings. The Hall–Kier alpha value is -3.06. The fraction of sp³-hybridized carbons (Fsp3) is 0.750. The molecule has 2 fully saturated rings. The lowest BCUT2D eigenvalue weighted by Crippen LogP contribution is -2.38. The second-order valence-electron chi connectivity index (χ2n) is 8.80. The molecule has 2 heterocycles. The van der Waals surface area contributed by atoms with Crippen molar-refractivity contribution in [3.05, 3.63) is 0 Å². The van der Waals surface area contributed by atoms with E-state index in [0.717, 1.165) is 25.7 Å². The molecule has 0 aliphatic carbocycles. The van der Waals surface area contributed by atoms with Crippen molar-refractivity contribution in [1.29, 1.82) is 0 Å². The third-order valence-electron chi connectivity index (χ3n) is 5.98. The van der Waals surface area contributed by atoms with E-state index in [9.17, 15) is 28.8 Å². The van der Waals surface area contributed by atoms with E-state index in [1.54, 1.807) is 0 Å². The summed E-state index contributed by atoms with van der Waals surface area (Å²) < 4.78 is 31.1. The SMILES string of the molecule is CCCCCCC(CCCCCOC(=O)C(=O)O)OC(=O)C(=O)O[C@@H]1COC2C1OC[C@H]2OC(=O)C=O. The molecule has 0 spiro atoms. The first-order valence-electron chi connectivity index (χ1n) is 12.5. The van der Waals surface area contributed by atoms with Crippen molar-refractivity contribution in [3.63, 3.8) is 0 Å². The molecule has 2 rings (SSSR count). The number of unbranched alkanes of at least 4 members (excludes halogenated alkanes) is 5. The fourth-order valence-electron chi connectivity index (χ4n) is 4.13. The predicted molar refractivity (Wildman–Crippen MR) is 121 cm³/mol. The molecule has 37 heavy (non-hydrogen) atoms. The molecule has 1 N–H and O–H groups in total. The number of carboxylic acids is 1. The lowest BCUT2D eigenvalue weighted by atomic mass is 10.0. The van der Waals surface area contributed by atoms with Crippen LogP contribution in [0.1, 0.15) is 64.7 Å². The van der Waals surface area contributed by atoms with Gasteiger partial charge in [0.25, 0.3) is 0 Å². The smallest absolute Gasteiger partial charge is 0.417 e. The minimum Gasteiger partial charge on any atom is -0.473 e. The molecule has 0 bridgehead atoms. The van der Waals surface area contributed by atoms with E-state index in [-0.39, 0.29) is 26.1 Å². The van der Waals surface area contributed by atoms with E-state index >= 15 is 0 Å². The number of aliphatic carboxylic acids is 1. The lowest BCUT2D eigenvalue weighted by Gasteiger charge is -2.19. The van der Waals surface area contributed by atoms with Gasteiger partial charge in [0.1, 0.15) is 18.3 Å². The van der Waals surface area contributed by atoms with E-state index in [4.69, 9.17) is 28.8 Å². The summed E-state index contributed by atoms with van der Waals surface area (Å²) in [6, 6.07) is 0. The highest BCUT2D eigenvalue weighted by Gasteiger charge is 2.51. The number of carboxylic acid groups (broad SMARTS) is 1. The summed E-state index contributed by atoms with van der Waals surface area (Å²) in [5.41, 5.74) is 0. The first-order valence-corrected chi connectivity index (χ1v) is 12.5. The van der Waals surface area contributed by atoms with Crippen molar-refractivity contribution >= 4 is 36.1 Å². The number of hydrogen-bond acceptors (Lipinski definition) is 12. The number of aldehydes is 1. The van der Waals surface area contributed by atoms with Gasteiger partial charge in [-0.25, -0.2) is 24.0 Å². The van der Waals surface area contributed by atoms with Crippen LogP contribution in [0.2, 0.25) is 0 Å². The molecule has 0 aromatic rings. The van der Waals surface area contributed by atoms with Gasteiger partial charge in [-0.2, -0.15) is 0 Å². The van der Waals surface area contributed by atoms with Crippen LogP contribution in [0.3, 0.4) is 0 Å². The Morgan fingerprint density at radius 1 is 0.838 bits per heavy atom. The number of rotatable bonds is 15. The quantitative estimate of drug-likeness (QED) is 0.104. The van der Waals surface area contributed by atoms with Gasteiger partial charge < -0.3 is 33.5 Å². The molecule has 2 aliphatic heterocycles. The van der Waals surface area contributed by atoms with Crippen LogP contribution in [0.4, 0.5) is 0 Å². The van der Waals surface area contributed by atoms with Crippen LogP contribution in [0.15, 0.2) is 0 Å². The molecule has 0 saturated carbocycles. The average Bonchev–Trinajstić information content (AvgIpc) is 3.46. The molecule has 13 heteroatoms. The van der Waals surface area contributed by atoms with Gasteiger partial charge in [0.2, 0.25) is 6.29 Å². The molecule has 0 radical (unpaired) electrons. The monoisotopic (exact) mass is 530 g/mol. The summed E-state index contributed by atoms with van der Waals surface area (Å²) in [7, 11) is 0. The Morgan fingerprint density at radius 2 is 1.43 bits per heavy atom. The zero-order valence-corrected chi connectivity index (χ0v) is 20.8. The maximum Gasteiger partial charge on any atom is 0.417 e. The summed E-state index contributed by atoms with van der Waals surface area (Å²) in [4.78, 5) is 67.9. The van der Waals surface area contributed by atoms with E-state index in [0.29, 0.717) is 32.1 Å². The van der Waals surface area contributed by atoms with Gasteiger partial charge in [0.15, 0.2) is 12.2 Å². The van der Waals surface area contributed by atoms with E-state index in [1.165, 1.54) is 0 Å². The largest absolute Gasteiger partial charge is 0.473 e. The van der Waals surface area contributed by atoms with Crippen LogP contribution in [0, 0.1) is 0 Å². The molecular weight excluding hydrogens is 496 g/mol. The van der Waals surface area contributed by atoms with Crippen LogP contribution in [0.25, 0.3) is 0 Å². The van der Waals surface area contributed by atoms with Crippen molar-refractivity contribution in [1.82, 2.24) is 0 Å². The highest BCUT2D eigenvalue weighted by Crippen LogP contribution is 2.30. The van der Waals surface area contributed by atoms with Crippen LogP contribution in [-0.2, 0) is 57.2 Å². The Kier molecular flexibility index (Phi) is 13.0. The van der Waals surface area contributed by atoms with Crippen LogP contribution < -0.4 is 0 Å². The van der Waals surface area contributed by atoms with Crippen molar-refractivity contribution in [2.24, 2.45) is 0 Å². The minimum atomic E-state index is -1.65. The second-order valence-corrected chi connectivity index (χ2v) is 8.80. The minimum absolute atomic E-state index is 0.0265. The molecule has 0 aromatic heterocycles. The third-order valence-corrected chi connectivity index (χ3v) is 5.98. The molecule has 0 aromatic carbocycles. The molecule has 208 valence electrons. The van der Waals surface area contributed by atoms with Gasteiger partial charge in [0.05, 0.1) is 19.8 Å². The number of fused-ring (bicyclic) bond motifs is 1. The summed E-state index contributed by atoms with van der Waals surface area (Å²) in [5, 5.41) is 8.49. The van der Waals surface area contributed by atoms with E-state index < -0.39 is 60.4 Å². The Labute approximate surface area is 214 Å². The number of carbonyl (C=O) groups excluding carboxylic acids is 5.